The van der Waals surface area contributed by atoms with Gasteiger partial charge < -0.3 is 24.4 Å². The zero-order valence-corrected chi connectivity index (χ0v) is 20.1. The maximum Gasteiger partial charge on any atom is 0.230 e. The number of hydrogen-bond acceptors (Lipinski definition) is 7. The second-order valence-corrected chi connectivity index (χ2v) is 8.52. The Morgan fingerprint density at radius 3 is 2.65 bits per heavy atom. The summed E-state index contributed by atoms with van der Waals surface area (Å²) in [6, 6.07) is 10.00. The molecule has 0 spiro atoms. The van der Waals surface area contributed by atoms with Crippen LogP contribution in [0.3, 0.4) is 0 Å². The molecule has 3 aromatic rings. The summed E-state index contributed by atoms with van der Waals surface area (Å²) in [5, 5.41) is 5.44. The van der Waals surface area contributed by atoms with Crippen molar-refractivity contribution in [3.05, 3.63) is 53.3 Å². The molecular weight excluding hydrogens is 457 g/mol. The van der Waals surface area contributed by atoms with Gasteiger partial charge in [-0.2, -0.15) is 0 Å². The van der Waals surface area contributed by atoms with Gasteiger partial charge in [0, 0.05) is 36.2 Å². The van der Waals surface area contributed by atoms with E-state index < -0.39 is 0 Å². The molecule has 0 radical (unpaired) electrons. The van der Waals surface area contributed by atoms with E-state index in [4.69, 9.17) is 14.2 Å². The third-order valence-electron chi connectivity index (χ3n) is 5.25. The normalized spacial score (nSPS) is 13.6. The standard InChI is InChI=1S/C25H28FN3O4S/c1-3-32-22-15-21(29-8-10-31-11-9-29)23(33-4-2)14-20(22)28-24(30)13-19-16-34-25(27-19)17-6-5-7-18(26)12-17/h5-7,12,14-16H,3-4,8-11,13H2,1-2H3,(H,28,30). The fraction of sp³-hybridized carbons (Fsp3) is 0.360. The lowest BCUT2D eigenvalue weighted by Gasteiger charge is -2.31. The van der Waals surface area contributed by atoms with E-state index in [-0.39, 0.29) is 18.1 Å². The minimum atomic E-state index is -0.318. The summed E-state index contributed by atoms with van der Waals surface area (Å²) >= 11 is 1.38. The molecule has 2 heterocycles. The van der Waals surface area contributed by atoms with Crippen LogP contribution < -0.4 is 19.7 Å². The lowest BCUT2D eigenvalue weighted by Crippen LogP contribution is -2.36. The summed E-state index contributed by atoms with van der Waals surface area (Å²) in [6.45, 7) is 7.61. The Balaban J connectivity index is 1.52. The molecule has 1 aliphatic heterocycles. The highest BCUT2D eigenvalue weighted by molar-refractivity contribution is 7.13. The molecule has 1 fully saturated rings. The van der Waals surface area contributed by atoms with Crippen LogP contribution in [0.2, 0.25) is 0 Å². The van der Waals surface area contributed by atoms with Crippen LogP contribution in [0.1, 0.15) is 19.5 Å². The second kappa shape index (κ2) is 11.3. The zero-order valence-electron chi connectivity index (χ0n) is 19.3. The van der Waals surface area contributed by atoms with Crippen molar-refractivity contribution in [2.24, 2.45) is 0 Å². The number of nitrogens with zero attached hydrogens (tertiary/aromatic N) is 2. The fourth-order valence-electron chi connectivity index (χ4n) is 3.75. The Hall–Kier alpha value is -3.17. The van der Waals surface area contributed by atoms with E-state index in [2.05, 4.69) is 15.2 Å². The first-order valence-corrected chi connectivity index (χ1v) is 12.2. The molecule has 7 nitrogen and oxygen atoms in total. The van der Waals surface area contributed by atoms with Gasteiger partial charge in [0.15, 0.2) is 0 Å². The Bertz CT molecular complexity index is 1130. The third-order valence-corrected chi connectivity index (χ3v) is 6.19. The first-order chi connectivity index (χ1) is 16.6. The number of halogens is 1. The van der Waals surface area contributed by atoms with E-state index in [0.29, 0.717) is 59.9 Å². The SMILES string of the molecule is CCOc1cc(N2CCOCC2)c(OCC)cc1NC(=O)Cc1csc(-c2cccc(F)c2)n1. The van der Waals surface area contributed by atoms with E-state index in [1.807, 2.05) is 31.4 Å². The minimum Gasteiger partial charge on any atom is -0.492 e. The Morgan fingerprint density at radius 1 is 1.15 bits per heavy atom. The van der Waals surface area contributed by atoms with Gasteiger partial charge in [-0.25, -0.2) is 9.37 Å². The van der Waals surface area contributed by atoms with Crippen LogP contribution in [-0.4, -0.2) is 50.4 Å². The topological polar surface area (TPSA) is 72.9 Å². The number of anilines is 2. The maximum absolute atomic E-state index is 13.5. The van der Waals surface area contributed by atoms with Gasteiger partial charge >= 0.3 is 0 Å². The van der Waals surface area contributed by atoms with Crippen LogP contribution in [0.15, 0.2) is 41.8 Å². The van der Waals surface area contributed by atoms with Gasteiger partial charge in [-0.05, 0) is 26.0 Å². The molecule has 1 amide bonds. The molecule has 4 rings (SSSR count). The monoisotopic (exact) mass is 485 g/mol. The number of rotatable bonds is 9. The molecule has 0 unspecified atom stereocenters. The van der Waals surface area contributed by atoms with E-state index >= 15 is 0 Å². The minimum absolute atomic E-state index is 0.0898. The largest absolute Gasteiger partial charge is 0.492 e. The molecule has 180 valence electrons. The fourth-order valence-corrected chi connectivity index (χ4v) is 4.56. The molecule has 2 aromatic carbocycles. The van der Waals surface area contributed by atoms with Crippen LogP contribution in [-0.2, 0) is 16.0 Å². The number of aromatic nitrogens is 1. The van der Waals surface area contributed by atoms with Gasteiger partial charge in [-0.1, -0.05) is 12.1 Å². The van der Waals surface area contributed by atoms with Crippen molar-refractivity contribution >= 4 is 28.6 Å². The van der Waals surface area contributed by atoms with E-state index in [1.54, 1.807) is 12.1 Å². The van der Waals surface area contributed by atoms with Crippen molar-refractivity contribution in [1.82, 2.24) is 4.98 Å². The molecule has 1 aromatic heterocycles. The van der Waals surface area contributed by atoms with Gasteiger partial charge in [0.25, 0.3) is 0 Å². The maximum atomic E-state index is 13.5. The number of benzene rings is 2. The summed E-state index contributed by atoms with van der Waals surface area (Å²) in [5.74, 6) is 0.726. The Labute approximate surface area is 202 Å². The number of carbonyl (C=O) groups excluding carboxylic acids is 1. The van der Waals surface area contributed by atoms with Crippen LogP contribution >= 0.6 is 11.3 Å². The van der Waals surface area contributed by atoms with Crippen molar-refractivity contribution in [1.29, 1.82) is 0 Å². The van der Waals surface area contributed by atoms with Crippen LogP contribution in [0.25, 0.3) is 10.6 Å². The second-order valence-electron chi connectivity index (χ2n) is 7.66. The Morgan fingerprint density at radius 2 is 1.91 bits per heavy atom. The van der Waals surface area contributed by atoms with Crippen molar-refractivity contribution in [3.63, 3.8) is 0 Å². The molecule has 0 bridgehead atoms. The molecule has 1 aliphatic rings. The van der Waals surface area contributed by atoms with E-state index in [9.17, 15) is 9.18 Å². The molecule has 0 atom stereocenters. The lowest BCUT2D eigenvalue weighted by molar-refractivity contribution is -0.115. The zero-order chi connectivity index (χ0) is 23.9. The molecular formula is C25H28FN3O4S. The van der Waals surface area contributed by atoms with Crippen LogP contribution in [0, 0.1) is 5.82 Å². The molecule has 34 heavy (non-hydrogen) atoms. The lowest BCUT2D eigenvalue weighted by atomic mass is 10.2. The summed E-state index contributed by atoms with van der Waals surface area (Å²) in [5.41, 5.74) is 2.78. The van der Waals surface area contributed by atoms with Gasteiger partial charge in [-0.3, -0.25) is 4.79 Å². The summed E-state index contributed by atoms with van der Waals surface area (Å²) in [7, 11) is 0. The first-order valence-electron chi connectivity index (χ1n) is 11.3. The first kappa shape index (κ1) is 24.0. The van der Waals surface area contributed by atoms with E-state index in [0.717, 1.165) is 18.8 Å². The van der Waals surface area contributed by atoms with Crippen LogP contribution in [0.4, 0.5) is 15.8 Å². The van der Waals surface area contributed by atoms with Gasteiger partial charge in [0.05, 0.1) is 49.9 Å². The summed E-state index contributed by atoms with van der Waals surface area (Å²) in [4.78, 5) is 19.6. The van der Waals surface area contributed by atoms with Gasteiger partial charge in [-0.15, -0.1) is 11.3 Å². The highest BCUT2D eigenvalue weighted by Gasteiger charge is 2.21. The van der Waals surface area contributed by atoms with Crippen molar-refractivity contribution in [2.75, 3.05) is 49.7 Å². The van der Waals surface area contributed by atoms with Crippen molar-refractivity contribution in [3.8, 4) is 22.1 Å². The van der Waals surface area contributed by atoms with Crippen molar-refractivity contribution < 1.29 is 23.4 Å². The molecule has 9 heteroatoms. The average Bonchev–Trinajstić information content (AvgIpc) is 3.30. The number of carbonyl (C=O) groups is 1. The smallest absolute Gasteiger partial charge is 0.230 e. The average molecular weight is 486 g/mol. The quantitative estimate of drug-likeness (QED) is 0.471. The summed E-state index contributed by atoms with van der Waals surface area (Å²) in [6.07, 6.45) is 0.0898. The van der Waals surface area contributed by atoms with Crippen molar-refractivity contribution in [2.45, 2.75) is 20.3 Å². The summed E-state index contributed by atoms with van der Waals surface area (Å²) < 4.78 is 30.7. The third kappa shape index (κ3) is 5.84. The molecule has 1 saturated heterocycles. The number of ether oxygens (including phenoxy) is 3. The molecule has 1 N–H and O–H groups in total. The predicted molar refractivity (Wildman–Crippen MR) is 132 cm³/mol. The number of hydrogen-bond donors (Lipinski definition) is 1. The molecule has 0 aliphatic carbocycles. The van der Waals surface area contributed by atoms with Gasteiger partial charge in [0.2, 0.25) is 5.91 Å². The van der Waals surface area contributed by atoms with Crippen LogP contribution in [0.5, 0.6) is 11.5 Å². The van der Waals surface area contributed by atoms with E-state index in [1.165, 1.54) is 23.5 Å². The number of amides is 1. The Kier molecular flexibility index (Phi) is 7.97. The highest BCUT2D eigenvalue weighted by atomic mass is 32.1. The number of morpholine rings is 1. The molecule has 0 saturated carbocycles. The number of thiazole rings is 1. The number of nitrogens with one attached hydrogen (secondary N) is 1. The predicted octanol–water partition coefficient (Wildman–Crippen LogP) is 4.76. The highest BCUT2D eigenvalue weighted by Crippen LogP contribution is 2.39. The van der Waals surface area contributed by atoms with Gasteiger partial charge in [0.1, 0.15) is 22.3 Å².